The highest BCUT2D eigenvalue weighted by molar-refractivity contribution is 9.10. The van der Waals surface area contributed by atoms with E-state index in [4.69, 9.17) is 0 Å². The Labute approximate surface area is 96.9 Å². The molecule has 0 aliphatic carbocycles. The fourth-order valence-corrected chi connectivity index (χ4v) is 2.00. The Kier molecular flexibility index (Phi) is 2.73. The maximum absolute atomic E-state index is 4.05. The number of aromatic amines is 1. The number of hydrogen-bond acceptors (Lipinski definition) is 1. The van der Waals surface area contributed by atoms with Crippen molar-refractivity contribution in [2.45, 2.75) is 0 Å². The van der Waals surface area contributed by atoms with Crippen molar-refractivity contribution in [3.8, 4) is 0 Å². The first-order valence-electron chi connectivity index (χ1n) is 4.62. The molecule has 15 heavy (non-hydrogen) atoms. The lowest BCUT2D eigenvalue weighted by Gasteiger charge is -1.92. The van der Waals surface area contributed by atoms with Gasteiger partial charge in [0.15, 0.2) is 0 Å². The van der Waals surface area contributed by atoms with Crippen LogP contribution in [-0.4, -0.2) is 18.2 Å². The van der Waals surface area contributed by atoms with Crippen molar-refractivity contribution >= 4 is 39.1 Å². The van der Waals surface area contributed by atoms with E-state index in [0.29, 0.717) is 0 Å². The first-order valence-corrected chi connectivity index (χ1v) is 5.41. The second kappa shape index (κ2) is 4.03. The summed E-state index contributed by atoms with van der Waals surface area (Å²) in [6.45, 7) is 3.79. The maximum atomic E-state index is 4.05. The van der Waals surface area contributed by atoms with Gasteiger partial charge in [-0.15, -0.1) is 0 Å². The van der Waals surface area contributed by atoms with Crippen LogP contribution in [0.1, 0.15) is 11.3 Å². The van der Waals surface area contributed by atoms with Crippen molar-refractivity contribution in [3.05, 3.63) is 40.5 Å². The van der Waals surface area contributed by atoms with Gasteiger partial charge >= 0.3 is 0 Å². The van der Waals surface area contributed by atoms with Gasteiger partial charge in [0.05, 0.1) is 0 Å². The molecule has 1 aromatic carbocycles. The number of nitrogens with one attached hydrogen (secondary N) is 1. The number of aliphatic imine (C=N–C) groups is 1. The van der Waals surface area contributed by atoms with E-state index < -0.39 is 0 Å². The van der Waals surface area contributed by atoms with Crippen molar-refractivity contribution in [1.29, 1.82) is 0 Å². The van der Waals surface area contributed by atoms with E-state index in [2.05, 4.69) is 44.6 Å². The zero-order chi connectivity index (χ0) is 10.8. The van der Waals surface area contributed by atoms with Crippen LogP contribution in [0.5, 0.6) is 0 Å². The van der Waals surface area contributed by atoms with Gasteiger partial charge in [-0.2, -0.15) is 0 Å². The number of benzene rings is 1. The summed E-state index contributed by atoms with van der Waals surface area (Å²) < 4.78 is 1.06. The lowest BCUT2D eigenvalue weighted by molar-refractivity contribution is 1.41. The standard InChI is InChI=1S/C12H11BrN2/c1-3-11-10(7-14-2)9-5-4-8(13)6-12(9)15-11/h3-7,15H,1H2,2H3. The van der Waals surface area contributed by atoms with Gasteiger partial charge in [0.2, 0.25) is 0 Å². The number of rotatable bonds is 2. The molecule has 2 aromatic rings. The zero-order valence-corrected chi connectivity index (χ0v) is 10.0. The number of halogens is 1. The molecule has 0 aliphatic heterocycles. The molecule has 0 bridgehead atoms. The summed E-state index contributed by atoms with van der Waals surface area (Å²) in [5.74, 6) is 0. The lowest BCUT2D eigenvalue weighted by atomic mass is 10.1. The predicted octanol–water partition coefficient (Wildman–Crippen LogP) is 3.62. The Bertz CT molecular complexity index is 538. The number of hydrogen-bond donors (Lipinski definition) is 1. The Balaban J connectivity index is 2.79. The molecule has 0 atom stereocenters. The average Bonchev–Trinajstić information content (AvgIpc) is 2.56. The molecule has 0 saturated carbocycles. The third-order valence-corrected chi connectivity index (χ3v) is 2.79. The van der Waals surface area contributed by atoms with Crippen molar-refractivity contribution in [2.75, 3.05) is 7.05 Å². The highest BCUT2D eigenvalue weighted by Crippen LogP contribution is 2.24. The number of fused-ring (bicyclic) bond motifs is 1. The van der Waals surface area contributed by atoms with Crippen LogP contribution in [-0.2, 0) is 0 Å². The molecule has 0 radical (unpaired) electrons. The van der Waals surface area contributed by atoms with Gasteiger partial charge in [-0.05, 0) is 18.2 Å². The van der Waals surface area contributed by atoms with Gasteiger partial charge < -0.3 is 4.98 Å². The summed E-state index contributed by atoms with van der Waals surface area (Å²) >= 11 is 3.45. The van der Waals surface area contributed by atoms with Crippen molar-refractivity contribution in [1.82, 2.24) is 4.98 Å². The molecule has 0 fully saturated rings. The minimum absolute atomic E-state index is 1.01. The summed E-state index contributed by atoms with van der Waals surface area (Å²) in [5, 5.41) is 1.17. The molecule has 1 aromatic heterocycles. The van der Waals surface area contributed by atoms with Crippen LogP contribution in [0.2, 0.25) is 0 Å². The van der Waals surface area contributed by atoms with Crippen LogP contribution in [0.4, 0.5) is 0 Å². The number of aromatic nitrogens is 1. The fraction of sp³-hybridized carbons (Fsp3) is 0.0833. The summed E-state index contributed by atoms with van der Waals surface area (Å²) in [5.41, 5.74) is 3.19. The summed E-state index contributed by atoms with van der Waals surface area (Å²) in [6.07, 6.45) is 3.66. The van der Waals surface area contributed by atoms with Crippen LogP contribution in [0.3, 0.4) is 0 Å². The number of nitrogens with zero attached hydrogens (tertiary/aromatic N) is 1. The second-order valence-corrected chi connectivity index (χ2v) is 4.15. The van der Waals surface area contributed by atoms with Gasteiger partial charge in [-0.1, -0.05) is 28.6 Å². The first-order chi connectivity index (χ1) is 7.26. The van der Waals surface area contributed by atoms with E-state index in [1.807, 2.05) is 18.4 Å². The van der Waals surface area contributed by atoms with E-state index in [-0.39, 0.29) is 0 Å². The van der Waals surface area contributed by atoms with Crippen LogP contribution in [0.25, 0.3) is 17.0 Å². The van der Waals surface area contributed by atoms with E-state index in [1.165, 1.54) is 5.39 Å². The smallest absolute Gasteiger partial charge is 0.0476 e. The fourth-order valence-electron chi connectivity index (χ4n) is 1.64. The second-order valence-electron chi connectivity index (χ2n) is 3.23. The van der Waals surface area contributed by atoms with Crippen molar-refractivity contribution in [2.24, 2.45) is 4.99 Å². The molecule has 0 spiro atoms. The Morgan fingerprint density at radius 1 is 1.47 bits per heavy atom. The van der Waals surface area contributed by atoms with E-state index in [1.54, 1.807) is 7.05 Å². The molecule has 1 heterocycles. The summed E-state index contributed by atoms with van der Waals surface area (Å²) in [7, 11) is 1.77. The van der Waals surface area contributed by atoms with E-state index >= 15 is 0 Å². The molecule has 0 unspecified atom stereocenters. The monoisotopic (exact) mass is 262 g/mol. The van der Waals surface area contributed by atoms with Crippen LogP contribution >= 0.6 is 15.9 Å². The zero-order valence-electron chi connectivity index (χ0n) is 8.42. The molecule has 2 rings (SSSR count). The van der Waals surface area contributed by atoms with Gasteiger partial charge in [-0.3, -0.25) is 4.99 Å². The predicted molar refractivity (Wildman–Crippen MR) is 69.6 cm³/mol. The first kappa shape index (κ1) is 10.2. The molecule has 3 heteroatoms. The molecular formula is C12H11BrN2. The SMILES string of the molecule is C=Cc1[nH]c2cc(Br)ccc2c1C=NC. The Morgan fingerprint density at radius 2 is 2.27 bits per heavy atom. The normalized spacial score (nSPS) is 11.3. The van der Waals surface area contributed by atoms with E-state index in [0.717, 1.165) is 21.2 Å². The van der Waals surface area contributed by atoms with E-state index in [9.17, 15) is 0 Å². The highest BCUT2D eigenvalue weighted by Gasteiger charge is 2.06. The minimum atomic E-state index is 1.01. The molecule has 1 N–H and O–H groups in total. The van der Waals surface area contributed by atoms with Gasteiger partial charge in [0.1, 0.15) is 0 Å². The highest BCUT2D eigenvalue weighted by atomic mass is 79.9. The van der Waals surface area contributed by atoms with Crippen molar-refractivity contribution < 1.29 is 0 Å². The Morgan fingerprint density at radius 3 is 2.93 bits per heavy atom. The maximum Gasteiger partial charge on any atom is 0.0476 e. The number of H-pyrrole nitrogens is 1. The topological polar surface area (TPSA) is 28.1 Å². The van der Waals surface area contributed by atoms with Crippen molar-refractivity contribution in [3.63, 3.8) is 0 Å². The minimum Gasteiger partial charge on any atom is -0.354 e. The molecule has 2 nitrogen and oxygen atoms in total. The third kappa shape index (κ3) is 1.75. The quantitative estimate of drug-likeness (QED) is 0.801. The third-order valence-electron chi connectivity index (χ3n) is 2.29. The average molecular weight is 263 g/mol. The van der Waals surface area contributed by atoms with Gasteiger partial charge in [0.25, 0.3) is 0 Å². The molecular weight excluding hydrogens is 252 g/mol. The molecule has 76 valence electrons. The van der Waals surface area contributed by atoms with Gasteiger partial charge in [-0.25, -0.2) is 0 Å². The van der Waals surface area contributed by atoms with Crippen LogP contribution in [0.15, 0.2) is 34.2 Å². The Hall–Kier alpha value is -1.35. The van der Waals surface area contributed by atoms with Gasteiger partial charge in [0, 0.05) is 39.9 Å². The van der Waals surface area contributed by atoms with Crippen LogP contribution < -0.4 is 0 Å². The summed E-state index contributed by atoms with van der Waals surface area (Å²) in [6, 6.07) is 6.14. The lowest BCUT2D eigenvalue weighted by Crippen LogP contribution is -1.81. The molecule has 0 aliphatic rings. The largest absolute Gasteiger partial charge is 0.354 e. The molecule has 0 saturated heterocycles. The van der Waals surface area contributed by atoms with Crippen LogP contribution in [0, 0.1) is 0 Å². The summed E-state index contributed by atoms with van der Waals surface area (Å²) in [4.78, 5) is 7.36. The molecule has 0 amide bonds.